The van der Waals surface area contributed by atoms with E-state index in [1.54, 1.807) is 4.90 Å². The summed E-state index contributed by atoms with van der Waals surface area (Å²) in [6.45, 7) is 1.56. The number of fused-ring (bicyclic) bond motifs is 1. The normalized spacial score (nSPS) is 15.5. The number of amides is 1. The monoisotopic (exact) mass is 417 g/mol. The Labute approximate surface area is 184 Å². The SMILES string of the molecule is CN(Cc1ccccc1)C(=O)c1nn(C)c2c1CC(NCCCc1ccncc1)CC2. The predicted molar refractivity (Wildman–Crippen MR) is 122 cm³/mol. The van der Waals surface area contributed by atoms with Crippen LogP contribution in [0.15, 0.2) is 54.9 Å². The maximum absolute atomic E-state index is 13.2. The van der Waals surface area contributed by atoms with Crippen molar-refractivity contribution in [3.63, 3.8) is 0 Å². The fourth-order valence-corrected chi connectivity index (χ4v) is 4.39. The van der Waals surface area contributed by atoms with Crippen LogP contribution in [0.1, 0.15) is 45.7 Å². The third kappa shape index (κ3) is 5.20. The van der Waals surface area contributed by atoms with Gasteiger partial charge in [-0.15, -0.1) is 0 Å². The van der Waals surface area contributed by atoms with Crippen LogP contribution >= 0.6 is 0 Å². The summed E-state index contributed by atoms with van der Waals surface area (Å²) in [5.41, 5.74) is 5.37. The number of carbonyl (C=O) groups excluding carboxylic acids is 1. The lowest BCUT2D eigenvalue weighted by Crippen LogP contribution is -2.36. The lowest BCUT2D eigenvalue weighted by atomic mass is 9.91. The summed E-state index contributed by atoms with van der Waals surface area (Å²) in [5.74, 6) is -0.000889. The van der Waals surface area contributed by atoms with Crippen LogP contribution in [0.3, 0.4) is 0 Å². The van der Waals surface area contributed by atoms with E-state index in [-0.39, 0.29) is 5.91 Å². The van der Waals surface area contributed by atoms with Crippen LogP contribution in [0.2, 0.25) is 0 Å². The molecule has 1 amide bonds. The van der Waals surface area contributed by atoms with Crippen LogP contribution in [0.25, 0.3) is 0 Å². The molecule has 1 unspecified atom stereocenters. The zero-order chi connectivity index (χ0) is 21.6. The first-order valence-electron chi connectivity index (χ1n) is 11.1. The van der Waals surface area contributed by atoms with Gasteiger partial charge in [0.25, 0.3) is 5.91 Å². The zero-order valence-corrected chi connectivity index (χ0v) is 18.4. The van der Waals surface area contributed by atoms with Gasteiger partial charge in [-0.05, 0) is 61.9 Å². The van der Waals surface area contributed by atoms with Crippen molar-refractivity contribution in [2.45, 2.75) is 44.7 Å². The van der Waals surface area contributed by atoms with Crippen molar-refractivity contribution in [1.82, 2.24) is 25.0 Å². The number of carbonyl (C=O) groups is 1. The predicted octanol–water partition coefficient (Wildman–Crippen LogP) is 3.17. The molecule has 31 heavy (non-hydrogen) atoms. The highest BCUT2D eigenvalue weighted by molar-refractivity contribution is 5.94. The third-order valence-electron chi connectivity index (χ3n) is 6.09. The highest BCUT2D eigenvalue weighted by Gasteiger charge is 2.29. The second-order valence-corrected chi connectivity index (χ2v) is 8.40. The number of nitrogens with zero attached hydrogens (tertiary/aromatic N) is 4. The van der Waals surface area contributed by atoms with Crippen LogP contribution in [-0.4, -0.2) is 45.2 Å². The van der Waals surface area contributed by atoms with Crippen molar-refractivity contribution < 1.29 is 4.79 Å². The third-order valence-corrected chi connectivity index (χ3v) is 6.09. The van der Waals surface area contributed by atoms with E-state index in [1.165, 1.54) is 11.3 Å². The Morgan fingerprint density at radius 3 is 2.71 bits per heavy atom. The van der Waals surface area contributed by atoms with Crippen LogP contribution in [0.5, 0.6) is 0 Å². The van der Waals surface area contributed by atoms with E-state index in [2.05, 4.69) is 27.5 Å². The molecule has 162 valence electrons. The number of nitrogens with one attached hydrogen (secondary N) is 1. The molecule has 1 aliphatic rings. The molecule has 0 saturated heterocycles. The van der Waals surface area contributed by atoms with Crippen molar-refractivity contribution in [2.24, 2.45) is 7.05 Å². The molecule has 0 fully saturated rings. The maximum Gasteiger partial charge on any atom is 0.274 e. The van der Waals surface area contributed by atoms with Crippen LogP contribution in [-0.2, 0) is 32.9 Å². The van der Waals surface area contributed by atoms with Gasteiger partial charge >= 0.3 is 0 Å². The second kappa shape index (κ2) is 9.88. The molecule has 0 spiro atoms. The first kappa shape index (κ1) is 21.2. The van der Waals surface area contributed by atoms with Crippen LogP contribution < -0.4 is 5.32 Å². The minimum absolute atomic E-state index is 0.000889. The maximum atomic E-state index is 13.2. The Balaban J connectivity index is 1.36. The molecule has 2 heterocycles. The number of aryl methyl sites for hydroxylation is 2. The van der Waals surface area contributed by atoms with E-state index in [0.717, 1.165) is 49.8 Å². The van der Waals surface area contributed by atoms with Gasteiger partial charge in [-0.2, -0.15) is 5.10 Å². The van der Waals surface area contributed by atoms with E-state index in [4.69, 9.17) is 0 Å². The summed E-state index contributed by atoms with van der Waals surface area (Å²) >= 11 is 0. The molecule has 0 aliphatic heterocycles. The van der Waals surface area contributed by atoms with E-state index in [9.17, 15) is 4.79 Å². The Bertz CT molecular complexity index is 1000. The molecule has 1 atom stereocenters. The van der Waals surface area contributed by atoms with Crippen molar-refractivity contribution in [2.75, 3.05) is 13.6 Å². The Morgan fingerprint density at radius 2 is 1.94 bits per heavy atom. The van der Waals surface area contributed by atoms with Gasteiger partial charge in [-0.25, -0.2) is 0 Å². The summed E-state index contributed by atoms with van der Waals surface area (Å²) in [6, 6.07) is 14.6. The summed E-state index contributed by atoms with van der Waals surface area (Å²) < 4.78 is 1.90. The van der Waals surface area contributed by atoms with Gasteiger partial charge in [0.15, 0.2) is 5.69 Å². The quantitative estimate of drug-likeness (QED) is 0.572. The summed E-state index contributed by atoms with van der Waals surface area (Å²) in [6.07, 6.45) is 8.73. The van der Waals surface area contributed by atoms with Gasteiger partial charge in [0.1, 0.15) is 0 Å². The molecule has 2 aromatic heterocycles. The molecular weight excluding hydrogens is 386 g/mol. The van der Waals surface area contributed by atoms with E-state index in [1.807, 2.05) is 61.5 Å². The standard InChI is InChI=1S/C25H31N5O/c1-29(18-20-7-4-3-5-8-20)25(31)24-22-17-21(10-11-23(22)30(2)28-24)27-14-6-9-19-12-15-26-16-13-19/h3-5,7-8,12-13,15-16,21,27H,6,9-11,14,17-18H2,1-2H3. The first-order chi connectivity index (χ1) is 15.1. The Hall–Kier alpha value is -2.99. The van der Waals surface area contributed by atoms with Gasteiger partial charge in [-0.3, -0.25) is 14.5 Å². The minimum atomic E-state index is -0.000889. The molecule has 0 saturated carbocycles. The summed E-state index contributed by atoms with van der Waals surface area (Å²) in [4.78, 5) is 19.0. The molecule has 1 aromatic carbocycles. The summed E-state index contributed by atoms with van der Waals surface area (Å²) in [7, 11) is 3.81. The first-order valence-corrected chi connectivity index (χ1v) is 11.1. The largest absolute Gasteiger partial charge is 0.336 e. The smallest absolute Gasteiger partial charge is 0.274 e. The second-order valence-electron chi connectivity index (χ2n) is 8.40. The molecule has 4 rings (SSSR count). The van der Waals surface area contributed by atoms with Crippen molar-refractivity contribution in [1.29, 1.82) is 0 Å². The summed E-state index contributed by atoms with van der Waals surface area (Å²) in [5, 5.41) is 8.32. The van der Waals surface area contributed by atoms with Gasteiger partial charge < -0.3 is 10.2 Å². The fourth-order valence-electron chi connectivity index (χ4n) is 4.39. The van der Waals surface area contributed by atoms with Gasteiger partial charge in [0, 0.05) is 50.3 Å². The average Bonchev–Trinajstić information content (AvgIpc) is 3.13. The Kier molecular flexibility index (Phi) is 6.77. The number of rotatable bonds is 8. The highest BCUT2D eigenvalue weighted by Crippen LogP contribution is 2.25. The number of aromatic nitrogens is 3. The molecular formula is C25H31N5O. The molecule has 1 N–H and O–H groups in total. The van der Waals surface area contributed by atoms with Crippen molar-refractivity contribution in [3.05, 3.63) is 82.9 Å². The van der Waals surface area contributed by atoms with E-state index >= 15 is 0 Å². The molecule has 1 aliphatic carbocycles. The zero-order valence-electron chi connectivity index (χ0n) is 18.4. The van der Waals surface area contributed by atoms with E-state index in [0.29, 0.717) is 18.3 Å². The molecule has 0 radical (unpaired) electrons. The number of pyridine rings is 1. The fraction of sp³-hybridized carbons (Fsp3) is 0.400. The number of hydrogen-bond donors (Lipinski definition) is 1. The van der Waals surface area contributed by atoms with Gasteiger partial charge in [0.2, 0.25) is 0 Å². The van der Waals surface area contributed by atoms with Crippen molar-refractivity contribution in [3.8, 4) is 0 Å². The molecule has 6 heteroatoms. The van der Waals surface area contributed by atoms with E-state index < -0.39 is 0 Å². The number of hydrogen-bond acceptors (Lipinski definition) is 4. The van der Waals surface area contributed by atoms with Gasteiger partial charge in [-0.1, -0.05) is 30.3 Å². The average molecular weight is 418 g/mol. The number of benzene rings is 1. The molecule has 3 aromatic rings. The lowest BCUT2D eigenvalue weighted by molar-refractivity contribution is 0.0777. The highest BCUT2D eigenvalue weighted by atomic mass is 16.2. The van der Waals surface area contributed by atoms with Crippen molar-refractivity contribution >= 4 is 5.91 Å². The topological polar surface area (TPSA) is 63.1 Å². The van der Waals surface area contributed by atoms with Gasteiger partial charge in [0.05, 0.1) is 0 Å². The Morgan fingerprint density at radius 1 is 1.16 bits per heavy atom. The minimum Gasteiger partial charge on any atom is -0.336 e. The molecule has 6 nitrogen and oxygen atoms in total. The molecule has 0 bridgehead atoms. The van der Waals surface area contributed by atoms with Crippen LogP contribution in [0, 0.1) is 0 Å². The lowest BCUT2D eigenvalue weighted by Gasteiger charge is -2.25. The van der Waals surface area contributed by atoms with Crippen LogP contribution in [0.4, 0.5) is 0 Å².